The molecule has 0 spiro atoms. The van der Waals surface area contributed by atoms with E-state index >= 15 is 0 Å². The van der Waals surface area contributed by atoms with Gasteiger partial charge in [-0.15, -0.1) is 0 Å². The second kappa shape index (κ2) is 5.83. The highest BCUT2D eigenvalue weighted by Gasteiger charge is 2.30. The minimum atomic E-state index is -0.164. The Hall–Kier alpha value is -0.900. The quantitative estimate of drug-likeness (QED) is 0.750. The zero-order valence-corrected chi connectivity index (χ0v) is 11.4. The molecule has 2 rings (SSSR count). The number of hydrogen-bond donors (Lipinski definition) is 2. The van der Waals surface area contributed by atoms with Gasteiger partial charge in [0.25, 0.3) is 0 Å². The zero-order chi connectivity index (χ0) is 13.1. The lowest BCUT2D eigenvalue weighted by molar-refractivity contribution is -0.134. The molecule has 1 aliphatic carbocycles. The van der Waals surface area contributed by atoms with Crippen molar-refractivity contribution in [3.63, 3.8) is 0 Å². The average molecular weight is 252 g/mol. The van der Waals surface area contributed by atoms with E-state index in [1.165, 1.54) is 12.8 Å². The van der Waals surface area contributed by atoms with Gasteiger partial charge in [0.15, 0.2) is 0 Å². The van der Waals surface area contributed by atoms with Crippen LogP contribution in [0.1, 0.15) is 52.4 Å². The first-order valence-electron chi connectivity index (χ1n) is 7.16. The molecule has 2 N–H and O–H groups in total. The third-order valence-corrected chi connectivity index (χ3v) is 4.39. The maximum Gasteiger partial charge on any atom is 0.243 e. The number of carbonyl (C=O) groups excluding carboxylic acids is 2. The normalized spacial score (nSPS) is 33.6. The van der Waals surface area contributed by atoms with Crippen LogP contribution in [0.3, 0.4) is 0 Å². The second-order valence-electron chi connectivity index (χ2n) is 6.03. The van der Waals surface area contributed by atoms with Crippen molar-refractivity contribution in [2.45, 2.75) is 64.5 Å². The van der Waals surface area contributed by atoms with Crippen molar-refractivity contribution in [1.29, 1.82) is 0 Å². The third kappa shape index (κ3) is 3.31. The van der Waals surface area contributed by atoms with Crippen LogP contribution in [0.25, 0.3) is 0 Å². The Balaban J connectivity index is 1.78. The Kier molecular flexibility index (Phi) is 4.38. The predicted octanol–water partition coefficient (Wildman–Crippen LogP) is 1.60. The first kappa shape index (κ1) is 13.5. The smallest absolute Gasteiger partial charge is 0.243 e. The lowest BCUT2D eigenvalue weighted by Gasteiger charge is -2.34. The van der Waals surface area contributed by atoms with Crippen LogP contribution in [0.4, 0.5) is 0 Å². The van der Waals surface area contributed by atoms with Gasteiger partial charge in [-0.1, -0.05) is 13.8 Å². The molecule has 4 nitrogen and oxygen atoms in total. The average Bonchev–Trinajstić information content (AvgIpc) is 2.33. The number of carbonyl (C=O) groups is 2. The van der Waals surface area contributed by atoms with Crippen molar-refractivity contribution in [1.82, 2.24) is 10.6 Å². The summed E-state index contributed by atoms with van der Waals surface area (Å²) < 4.78 is 0. The molecule has 1 aliphatic heterocycles. The van der Waals surface area contributed by atoms with Gasteiger partial charge in [0.2, 0.25) is 11.8 Å². The first-order chi connectivity index (χ1) is 8.56. The van der Waals surface area contributed by atoms with Crippen molar-refractivity contribution in [3.05, 3.63) is 0 Å². The van der Waals surface area contributed by atoms with Crippen LogP contribution in [-0.4, -0.2) is 23.9 Å². The van der Waals surface area contributed by atoms with E-state index in [1.807, 2.05) is 0 Å². The van der Waals surface area contributed by atoms with E-state index in [1.54, 1.807) is 0 Å². The topological polar surface area (TPSA) is 58.2 Å². The number of nitrogens with one attached hydrogen (secondary N) is 2. The standard InChI is InChI=1S/C14H24N2O2/c1-9(2)10-3-5-11(6-4-10)15-12-7-8-13(17)16-14(12)18/h9-12,15H,3-8H2,1-2H3,(H,16,17,18). The van der Waals surface area contributed by atoms with Crippen LogP contribution in [0.15, 0.2) is 0 Å². The van der Waals surface area contributed by atoms with Gasteiger partial charge in [-0.25, -0.2) is 0 Å². The van der Waals surface area contributed by atoms with E-state index in [2.05, 4.69) is 24.5 Å². The minimum Gasteiger partial charge on any atom is -0.303 e. The second-order valence-corrected chi connectivity index (χ2v) is 6.03. The van der Waals surface area contributed by atoms with Gasteiger partial charge in [-0.05, 0) is 43.9 Å². The molecule has 102 valence electrons. The van der Waals surface area contributed by atoms with E-state index in [4.69, 9.17) is 0 Å². The summed E-state index contributed by atoms with van der Waals surface area (Å²) in [6, 6.07) is 0.284. The molecular weight excluding hydrogens is 228 g/mol. The summed E-state index contributed by atoms with van der Waals surface area (Å²) in [5.74, 6) is 1.32. The molecule has 0 aromatic heterocycles. The fourth-order valence-electron chi connectivity index (χ4n) is 3.09. The highest BCUT2D eigenvalue weighted by atomic mass is 16.2. The predicted molar refractivity (Wildman–Crippen MR) is 69.9 cm³/mol. The van der Waals surface area contributed by atoms with Gasteiger partial charge >= 0.3 is 0 Å². The van der Waals surface area contributed by atoms with E-state index in [0.29, 0.717) is 18.9 Å². The summed E-state index contributed by atoms with van der Waals surface area (Å²) in [5.41, 5.74) is 0. The Morgan fingerprint density at radius 1 is 1.11 bits per heavy atom. The highest BCUT2D eigenvalue weighted by Crippen LogP contribution is 2.30. The summed E-state index contributed by atoms with van der Waals surface area (Å²) in [5, 5.41) is 5.83. The molecule has 1 heterocycles. The molecule has 1 saturated carbocycles. The Morgan fingerprint density at radius 3 is 2.33 bits per heavy atom. The number of rotatable bonds is 3. The lowest BCUT2D eigenvalue weighted by Crippen LogP contribution is -2.53. The van der Waals surface area contributed by atoms with Crippen molar-refractivity contribution < 1.29 is 9.59 Å². The maximum absolute atomic E-state index is 11.7. The van der Waals surface area contributed by atoms with Gasteiger partial charge in [0, 0.05) is 12.5 Å². The molecular formula is C14H24N2O2. The molecule has 0 bridgehead atoms. The largest absolute Gasteiger partial charge is 0.303 e. The van der Waals surface area contributed by atoms with E-state index in [9.17, 15) is 9.59 Å². The summed E-state index contributed by atoms with van der Waals surface area (Å²) in [6.45, 7) is 4.58. The van der Waals surface area contributed by atoms with Crippen LogP contribution < -0.4 is 10.6 Å². The maximum atomic E-state index is 11.7. The summed E-state index contributed by atoms with van der Waals surface area (Å²) in [7, 11) is 0. The fraction of sp³-hybridized carbons (Fsp3) is 0.857. The fourth-order valence-corrected chi connectivity index (χ4v) is 3.09. The number of imide groups is 1. The van der Waals surface area contributed by atoms with E-state index < -0.39 is 0 Å². The van der Waals surface area contributed by atoms with Gasteiger partial charge in [-0.3, -0.25) is 14.9 Å². The molecule has 18 heavy (non-hydrogen) atoms. The van der Waals surface area contributed by atoms with Crippen molar-refractivity contribution in [3.8, 4) is 0 Å². The molecule has 2 fully saturated rings. The summed E-state index contributed by atoms with van der Waals surface area (Å²) >= 11 is 0. The Bertz CT molecular complexity index is 320. The SMILES string of the molecule is CC(C)C1CCC(NC2CCC(=O)NC2=O)CC1. The Labute approximate surface area is 109 Å². The molecule has 1 unspecified atom stereocenters. The minimum absolute atomic E-state index is 0.137. The van der Waals surface area contributed by atoms with Gasteiger partial charge in [0.05, 0.1) is 6.04 Å². The molecule has 2 amide bonds. The van der Waals surface area contributed by atoms with Crippen molar-refractivity contribution >= 4 is 11.8 Å². The molecule has 1 saturated heterocycles. The molecule has 2 aliphatic rings. The monoisotopic (exact) mass is 252 g/mol. The highest BCUT2D eigenvalue weighted by molar-refractivity contribution is 6.00. The van der Waals surface area contributed by atoms with E-state index in [-0.39, 0.29) is 17.9 Å². The molecule has 4 heteroatoms. The first-order valence-corrected chi connectivity index (χ1v) is 7.16. The lowest BCUT2D eigenvalue weighted by atomic mass is 9.79. The van der Waals surface area contributed by atoms with Crippen molar-refractivity contribution in [2.24, 2.45) is 11.8 Å². The summed E-state index contributed by atoms with van der Waals surface area (Å²) in [4.78, 5) is 22.7. The molecule has 0 aromatic rings. The van der Waals surface area contributed by atoms with Crippen molar-refractivity contribution in [2.75, 3.05) is 0 Å². The van der Waals surface area contributed by atoms with Crippen LogP contribution in [-0.2, 0) is 9.59 Å². The number of hydrogen-bond acceptors (Lipinski definition) is 3. The number of amides is 2. The third-order valence-electron chi connectivity index (χ3n) is 4.39. The van der Waals surface area contributed by atoms with E-state index in [0.717, 1.165) is 24.7 Å². The van der Waals surface area contributed by atoms with Gasteiger partial charge in [-0.2, -0.15) is 0 Å². The molecule has 0 radical (unpaired) electrons. The molecule has 0 aromatic carbocycles. The van der Waals surface area contributed by atoms with Gasteiger partial charge in [0.1, 0.15) is 0 Å². The number of piperidine rings is 1. The summed E-state index contributed by atoms with van der Waals surface area (Å²) in [6.07, 6.45) is 5.92. The zero-order valence-electron chi connectivity index (χ0n) is 11.4. The van der Waals surface area contributed by atoms with Crippen LogP contribution in [0.2, 0.25) is 0 Å². The van der Waals surface area contributed by atoms with Crippen LogP contribution in [0, 0.1) is 11.8 Å². The molecule has 1 atom stereocenters. The van der Waals surface area contributed by atoms with Crippen LogP contribution in [0.5, 0.6) is 0 Å². The Morgan fingerprint density at radius 2 is 1.78 bits per heavy atom. The van der Waals surface area contributed by atoms with Gasteiger partial charge < -0.3 is 5.32 Å². The van der Waals surface area contributed by atoms with Crippen LogP contribution >= 0.6 is 0 Å².